The van der Waals surface area contributed by atoms with Crippen molar-refractivity contribution < 1.29 is 19.1 Å². The van der Waals surface area contributed by atoms with Crippen LogP contribution >= 0.6 is 11.8 Å². The zero-order chi connectivity index (χ0) is 22.7. The Labute approximate surface area is 190 Å². The highest BCUT2D eigenvalue weighted by Crippen LogP contribution is 2.43. The van der Waals surface area contributed by atoms with Crippen molar-refractivity contribution in [1.82, 2.24) is 15.2 Å². The maximum atomic E-state index is 13.1. The Kier molecular flexibility index (Phi) is 6.36. The average Bonchev–Trinajstić information content (AvgIpc) is 2.98. The molecule has 1 amide bonds. The minimum atomic E-state index is -0.785. The van der Waals surface area contributed by atoms with Gasteiger partial charge in [-0.2, -0.15) is 4.98 Å². The quantitative estimate of drug-likeness (QED) is 0.320. The van der Waals surface area contributed by atoms with Gasteiger partial charge >= 0.3 is 5.97 Å². The first-order chi connectivity index (χ1) is 15.5. The number of hydrogen-bond acceptors (Lipinski definition) is 8. The number of hydrogen-bond donors (Lipinski definition) is 0. The van der Waals surface area contributed by atoms with E-state index in [0.29, 0.717) is 39.3 Å². The van der Waals surface area contributed by atoms with Gasteiger partial charge in [0, 0.05) is 24.0 Å². The zero-order valence-corrected chi connectivity index (χ0v) is 18.8. The molecular formula is C23H22N4O4S. The Morgan fingerprint density at radius 1 is 1.06 bits per heavy atom. The first kappa shape index (κ1) is 21.8. The van der Waals surface area contributed by atoms with Crippen LogP contribution in [0.25, 0.3) is 11.3 Å². The van der Waals surface area contributed by atoms with Crippen LogP contribution in [0.5, 0.6) is 11.6 Å². The monoisotopic (exact) mass is 450 g/mol. The molecule has 0 saturated heterocycles. The Hall–Kier alpha value is -3.46. The summed E-state index contributed by atoms with van der Waals surface area (Å²) in [5.74, 6) is 0.294. The lowest BCUT2D eigenvalue weighted by Gasteiger charge is -2.30. The van der Waals surface area contributed by atoms with Crippen LogP contribution in [0.15, 0.2) is 53.7 Å². The van der Waals surface area contributed by atoms with E-state index in [1.807, 2.05) is 30.5 Å². The number of amides is 1. The molecular weight excluding hydrogens is 428 g/mol. The van der Waals surface area contributed by atoms with Gasteiger partial charge in [-0.15, -0.1) is 10.2 Å². The van der Waals surface area contributed by atoms with E-state index in [1.165, 1.54) is 11.8 Å². The largest absolute Gasteiger partial charge is 0.447 e. The molecule has 1 atom stereocenters. The van der Waals surface area contributed by atoms with Crippen LogP contribution in [-0.2, 0) is 9.59 Å². The van der Waals surface area contributed by atoms with Gasteiger partial charge in [0.15, 0.2) is 5.69 Å². The number of para-hydroxylation sites is 1. The number of ether oxygens (including phenoxy) is 2. The Bertz CT molecular complexity index is 1150. The highest BCUT2D eigenvalue weighted by molar-refractivity contribution is 7.98. The third-order valence-corrected chi connectivity index (χ3v) is 5.49. The first-order valence-electron chi connectivity index (χ1n) is 10.2. The van der Waals surface area contributed by atoms with Crippen LogP contribution in [0.4, 0.5) is 5.69 Å². The second-order valence-electron chi connectivity index (χ2n) is 6.95. The molecule has 2 aromatic carbocycles. The van der Waals surface area contributed by atoms with E-state index in [2.05, 4.69) is 15.2 Å². The van der Waals surface area contributed by atoms with Crippen LogP contribution in [0, 0.1) is 0 Å². The lowest BCUT2D eigenvalue weighted by molar-refractivity contribution is -0.134. The van der Waals surface area contributed by atoms with Gasteiger partial charge in [0.05, 0.1) is 5.69 Å². The maximum Gasteiger partial charge on any atom is 0.310 e. The van der Waals surface area contributed by atoms with Crippen LogP contribution in [-0.4, -0.2) is 33.3 Å². The van der Waals surface area contributed by atoms with Gasteiger partial charge in [0.1, 0.15) is 5.75 Å². The number of esters is 1. The summed E-state index contributed by atoms with van der Waals surface area (Å²) in [6.07, 6.45) is 1.64. The minimum Gasteiger partial charge on any atom is -0.447 e. The first-order valence-corrected chi connectivity index (χ1v) is 11.5. The predicted molar refractivity (Wildman–Crippen MR) is 121 cm³/mol. The van der Waals surface area contributed by atoms with Gasteiger partial charge in [0.2, 0.25) is 23.2 Å². The number of carbonyl (C=O) groups excluding carboxylic acids is 2. The molecule has 0 saturated carbocycles. The third kappa shape index (κ3) is 4.16. The Balaban J connectivity index is 1.84. The second kappa shape index (κ2) is 9.35. The Morgan fingerprint density at radius 2 is 1.81 bits per heavy atom. The number of anilines is 1. The number of carbonyl (C=O) groups is 2. The molecule has 0 bridgehead atoms. The number of thioether (sulfide) groups is 1. The van der Waals surface area contributed by atoms with Crippen LogP contribution < -0.4 is 14.4 Å². The summed E-state index contributed by atoms with van der Waals surface area (Å²) in [6, 6.07) is 14.4. The van der Waals surface area contributed by atoms with Gasteiger partial charge < -0.3 is 9.47 Å². The molecule has 164 valence electrons. The van der Waals surface area contributed by atoms with E-state index in [-0.39, 0.29) is 24.7 Å². The summed E-state index contributed by atoms with van der Waals surface area (Å²) in [4.78, 5) is 30.8. The van der Waals surface area contributed by atoms with Crippen LogP contribution in [0.3, 0.4) is 0 Å². The van der Waals surface area contributed by atoms with E-state index >= 15 is 0 Å². The summed E-state index contributed by atoms with van der Waals surface area (Å²) in [7, 11) is 0. The fourth-order valence-corrected chi connectivity index (χ4v) is 3.66. The smallest absolute Gasteiger partial charge is 0.310 e. The van der Waals surface area contributed by atoms with Crippen molar-refractivity contribution in [3.63, 3.8) is 0 Å². The highest BCUT2D eigenvalue weighted by Gasteiger charge is 2.35. The lowest BCUT2D eigenvalue weighted by Crippen LogP contribution is -2.37. The molecule has 4 rings (SSSR count). The molecule has 9 heteroatoms. The third-order valence-electron chi connectivity index (χ3n) is 4.95. The van der Waals surface area contributed by atoms with Gasteiger partial charge in [-0.25, -0.2) is 0 Å². The van der Waals surface area contributed by atoms with Gasteiger partial charge in [-0.3, -0.25) is 14.5 Å². The zero-order valence-electron chi connectivity index (χ0n) is 17.9. The fraction of sp³-hybridized carbons (Fsp3) is 0.261. The lowest BCUT2D eigenvalue weighted by atomic mass is 10.1. The number of benzene rings is 2. The topological polar surface area (TPSA) is 94.5 Å². The minimum absolute atomic E-state index is 0.116. The van der Waals surface area contributed by atoms with E-state index in [0.717, 1.165) is 0 Å². The molecule has 32 heavy (non-hydrogen) atoms. The summed E-state index contributed by atoms with van der Waals surface area (Å²) >= 11 is 1.35. The van der Waals surface area contributed by atoms with Crippen LogP contribution in [0.2, 0.25) is 0 Å². The predicted octanol–water partition coefficient (Wildman–Crippen LogP) is 4.41. The molecule has 1 aliphatic heterocycles. The van der Waals surface area contributed by atoms with Gasteiger partial charge in [0.25, 0.3) is 0 Å². The number of nitrogens with zero attached hydrogens (tertiary/aromatic N) is 4. The van der Waals surface area contributed by atoms with E-state index in [4.69, 9.17) is 9.47 Å². The van der Waals surface area contributed by atoms with E-state index < -0.39 is 6.23 Å². The summed E-state index contributed by atoms with van der Waals surface area (Å²) < 4.78 is 11.6. The van der Waals surface area contributed by atoms with Crippen molar-refractivity contribution in [2.24, 2.45) is 0 Å². The molecule has 1 aromatic heterocycles. The normalized spacial score (nSPS) is 14.6. The standard InChI is InChI=1S/C23H22N4O4S/c1-4-18(28)27-17-9-7-6-8-16(17)20-21(24-23(32-3)26-25-20)31-22(27)14-10-12-15(13-11-14)30-19(29)5-2/h6-13,22H,4-5H2,1-3H3/t22-/m1/s1. The molecule has 0 unspecified atom stereocenters. The molecule has 2 heterocycles. The fourth-order valence-electron chi connectivity index (χ4n) is 3.36. The van der Waals surface area contributed by atoms with Crippen molar-refractivity contribution in [1.29, 1.82) is 0 Å². The molecule has 0 spiro atoms. The van der Waals surface area contributed by atoms with Gasteiger partial charge in [-0.1, -0.05) is 43.8 Å². The SMILES string of the molecule is CCC(=O)Oc1ccc([C@H]2Oc3nc(SC)nnc3-c3ccccc3N2C(=O)CC)cc1. The summed E-state index contributed by atoms with van der Waals surface area (Å²) in [5.41, 5.74) is 2.56. The number of fused-ring (bicyclic) bond motifs is 3. The Morgan fingerprint density at radius 3 is 2.50 bits per heavy atom. The van der Waals surface area contributed by atoms with Crippen molar-refractivity contribution >= 4 is 29.3 Å². The van der Waals surface area contributed by atoms with E-state index in [1.54, 1.807) is 43.0 Å². The highest BCUT2D eigenvalue weighted by atomic mass is 32.2. The number of rotatable bonds is 5. The van der Waals surface area contributed by atoms with Crippen LogP contribution in [0.1, 0.15) is 38.5 Å². The van der Waals surface area contributed by atoms with Crippen molar-refractivity contribution in [2.75, 3.05) is 11.2 Å². The molecule has 8 nitrogen and oxygen atoms in total. The maximum absolute atomic E-state index is 13.1. The second-order valence-corrected chi connectivity index (χ2v) is 7.73. The van der Waals surface area contributed by atoms with Crippen molar-refractivity contribution in [3.05, 3.63) is 54.1 Å². The molecule has 0 N–H and O–H groups in total. The molecule has 0 radical (unpaired) electrons. The summed E-state index contributed by atoms with van der Waals surface area (Å²) in [6.45, 7) is 3.54. The molecule has 0 aliphatic carbocycles. The van der Waals surface area contributed by atoms with Gasteiger partial charge in [-0.05, 0) is 36.6 Å². The molecule has 1 aliphatic rings. The number of aromatic nitrogens is 3. The van der Waals surface area contributed by atoms with Crippen molar-refractivity contribution in [3.8, 4) is 22.9 Å². The average molecular weight is 451 g/mol. The molecule has 3 aromatic rings. The van der Waals surface area contributed by atoms with Crippen molar-refractivity contribution in [2.45, 2.75) is 38.1 Å². The summed E-state index contributed by atoms with van der Waals surface area (Å²) in [5, 5.41) is 8.97. The molecule has 0 fully saturated rings. The van der Waals surface area contributed by atoms with E-state index in [9.17, 15) is 9.59 Å².